The van der Waals surface area contributed by atoms with Gasteiger partial charge >= 0.3 is 22.4 Å². The van der Waals surface area contributed by atoms with Gasteiger partial charge < -0.3 is 9.47 Å². The van der Waals surface area contributed by atoms with Crippen LogP contribution in [0.4, 0.5) is 4.79 Å². The van der Waals surface area contributed by atoms with Gasteiger partial charge in [0.05, 0.1) is 7.11 Å². The van der Waals surface area contributed by atoms with E-state index in [0.717, 1.165) is 7.11 Å². The van der Waals surface area contributed by atoms with Crippen LogP contribution < -0.4 is 0 Å². The van der Waals surface area contributed by atoms with Gasteiger partial charge in [0.25, 0.3) is 0 Å². The molecule has 8 nitrogen and oxygen atoms in total. The molecule has 1 saturated heterocycles. The normalized spacial score (nSPS) is 20.0. The predicted molar refractivity (Wildman–Crippen MR) is 69.1 cm³/mol. The van der Waals surface area contributed by atoms with Gasteiger partial charge in [0, 0.05) is 0 Å². The standard InChI is InChI=1S/C12H13NO7S/c1-18-11(14)10-8-20-21(16,17)13(10)12(15)19-7-9-5-3-2-4-6-9/h2-6,10H,7-8H2,1H3. The van der Waals surface area contributed by atoms with Gasteiger partial charge in [-0.25, -0.2) is 9.59 Å². The van der Waals surface area contributed by atoms with Crippen molar-refractivity contribution in [2.24, 2.45) is 0 Å². The van der Waals surface area contributed by atoms with E-state index in [2.05, 4.69) is 8.92 Å². The van der Waals surface area contributed by atoms with Gasteiger partial charge in [-0.3, -0.25) is 4.18 Å². The number of nitrogens with zero attached hydrogens (tertiary/aromatic N) is 1. The van der Waals surface area contributed by atoms with Crippen molar-refractivity contribution in [3.63, 3.8) is 0 Å². The van der Waals surface area contributed by atoms with Crippen LogP contribution in [0.1, 0.15) is 5.56 Å². The monoisotopic (exact) mass is 315 g/mol. The number of esters is 1. The van der Waals surface area contributed by atoms with Crippen molar-refractivity contribution >= 4 is 22.4 Å². The second kappa shape index (κ2) is 6.10. The van der Waals surface area contributed by atoms with Crippen LogP contribution in [-0.2, 0) is 35.4 Å². The number of carbonyl (C=O) groups is 2. The number of ether oxygens (including phenoxy) is 2. The topological polar surface area (TPSA) is 99.2 Å². The maximum Gasteiger partial charge on any atom is 0.426 e. The van der Waals surface area contributed by atoms with Crippen molar-refractivity contribution in [1.82, 2.24) is 4.31 Å². The zero-order valence-corrected chi connectivity index (χ0v) is 11.9. The molecule has 1 unspecified atom stereocenters. The highest BCUT2D eigenvalue weighted by atomic mass is 32.2. The number of amides is 1. The molecular weight excluding hydrogens is 302 g/mol. The fourth-order valence-corrected chi connectivity index (χ4v) is 2.84. The van der Waals surface area contributed by atoms with E-state index in [1.165, 1.54) is 0 Å². The Bertz CT molecular complexity index is 628. The summed E-state index contributed by atoms with van der Waals surface area (Å²) in [5.41, 5.74) is 0.679. The van der Waals surface area contributed by atoms with E-state index < -0.39 is 35.0 Å². The van der Waals surface area contributed by atoms with Crippen LogP contribution in [0.15, 0.2) is 30.3 Å². The molecule has 1 aliphatic heterocycles. The molecule has 21 heavy (non-hydrogen) atoms. The van der Waals surface area contributed by atoms with E-state index in [1.807, 2.05) is 0 Å². The van der Waals surface area contributed by atoms with Crippen molar-refractivity contribution in [2.45, 2.75) is 12.6 Å². The van der Waals surface area contributed by atoms with Crippen LogP contribution in [0, 0.1) is 0 Å². The zero-order chi connectivity index (χ0) is 15.5. The van der Waals surface area contributed by atoms with Gasteiger partial charge in [-0.05, 0) is 5.56 Å². The third-order valence-electron chi connectivity index (χ3n) is 2.76. The Morgan fingerprint density at radius 1 is 1.33 bits per heavy atom. The van der Waals surface area contributed by atoms with Crippen molar-refractivity contribution in [3.8, 4) is 0 Å². The van der Waals surface area contributed by atoms with E-state index in [4.69, 9.17) is 4.74 Å². The lowest BCUT2D eigenvalue weighted by Crippen LogP contribution is -2.44. The maximum absolute atomic E-state index is 11.9. The Balaban J connectivity index is 2.10. The van der Waals surface area contributed by atoms with E-state index in [9.17, 15) is 18.0 Å². The lowest BCUT2D eigenvalue weighted by atomic mass is 10.2. The molecule has 9 heteroatoms. The number of benzene rings is 1. The van der Waals surface area contributed by atoms with Crippen molar-refractivity contribution in [1.29, 1.82) is 0 Å². The molecule has 1 aromatic rings. The highest BCUT2D eigenvalue weighted by Gasteiger charge is 2.48. The second-order valence-corrected chi connectivity index (χ2v) is 5.60. The third-order valence-corrected chi connectivity index (χ3v) is 4.08. The molecule has 0 aromatic heterocycles. The van der Waals surface area contributed by atoms with Gasteiger partial charge in [-0.1, -0.05) is 30.3 Å². The molecule has 1 amide bonds. The van der Waals surface area contributed by atoms with Crippen molar-refractivity contribution in [3.05, 3.63) is 35.9 Å². The molecule has 1 aromatic carbocycles. The molecule has 1 heterocycles. The minimum Gasteiger partial charge on any atom is -0.467 e. The summed E-state index contributed by atoms with van der Waals surface area (Å²) >= 11 is 0. The molecule has 2 rings (SSSR count). The Hall–Kier alpha value is -2.13. The Morgan fingerprint density at radius 3 is 2.62 bits per heavy atom. The SMILES string of the molecule is COC(=O)C1COS(=O)(=O)N1C(=O)OCc1ccccc1. The molecule has 114 valence electrons. The number of carbonyl (C=O) groups excluding carboxylic acids is 2. The molecule has 1 atom stereocenters. The van der Waals surface area contributed by atoms with Crippen LogP contribution in [-0.4, -0.2) is 44.5 Å². The summed E-state index contributed by atoms with van der Waals surface area (Å²) in [7, 11) is -3.25. The van der Waals surface area contributed by atoms with Crippen LogP contribution >= 0.6 is 0 Å². The molecule has 1 aliphatic rings. The first-order chi connectivity index (χ1) is 9.95. The van der Waals surface area contributed by atoms with Gasteiger partial charge in [-0.2, -0.15) is 12.7 Å². The minimum absolute atomic E-state index is 0.125. The summed E-state index contributed by atoms with van der Waals surface area (Å²) in [6.45, 7) is -0.616. The summed E-state index contributed by atoms with van der Waals surface area (Å²) in [4.78, 5) is 23.4. The van der Waals surface area contributed by atoms with Gasteiger partial charge in [0.15, 0.2) is 6.04 Å². The number of rotatable bonds is 3. The number of methoxy groups -OCH3 is 1. The number of hydrogen-bond donors (Lipinski definition) is 0. The van der Waals surface area contributed by atoms with Crippen LogP contribution in [0.5, 0.6) is 0 Å². The molecule has 0 radical (unpaired) electrons. The molecule has 0 saturated carbocycles. The molecule has 1 fully saturated rings. The first-order valence-corrected chi connectivity index (χ1v) is 7.29. The first-order valence-electron chi connectivity index (χ1n) is 5.93. The van der Waals surface area contributed by atoms with E-state index >= 15 is 0 Å². The van der Waals surface area contributed by atoms with Gasteiger partial charge in [-0.15, -0.1) is 0 Å². The molecule has 0 bridgehead atoms. The highest BCUT2D eigenvalue weighted by molar-refractivity contribution is 7.85. The third kappa shape index (κ3) is 3.31. The Morgan fingerprint density at radius 2 is 2.00 bits per heavy atom. The maximum atomic E-state index is 11.9. The van der Waals surface area contributed by atoms with Crippen LogP contribution in [0.2, 0.25) is 0 Å². The lowest BCUT2D eigenvalue weighted by Gasteiger charge is -2.18. The van der Waals surface area contributed by atoms with Crippen LogP contribution in [0.25, 0.3) is 0 Å². The Labute approximate surface area is 121 Å². The minimum atomic E-state index is -4.34. The fraction of sp³-hybridized carbons (Fsp3) is 0.333. The average Bonchev–Trinajstić information content (AvgIpc) is 2.80. The molecule has 0 aliphatic carbocycles. The summed E-state index contributed by atoms with van der Waals surface area (Å²) in [5, 5.41) is 0. The summed E-state index contributed by atoms with van der Waals surface area (Å²) < 4.78 is 37.3. The number of hydrogen-bond acceptors (Lipinski definition) is 7. The smallest absolute Gasteiger partial charge is 0.426 e. The van der Waals surface area contributed by atoms with E-state index in [0.29, 0.717) is 5.56 Å². The fourth-order valence-electron chi connectivity index (χ4n) is 1.73. The predicted octanol–water partition coefficient (Wildman–Crippen LogP) is 0.442. The van der Waals surface area contributed by atoms with Crippen molar-refractivity contribution < 1.29 is 31.7 Å². The van der Waals surface area contributed by atoms with E-state index in [1.54, 1.807) is 30.3 Å². The second-order valence-electron chi connectivity index (χ2n) is 4.12. The van der Waals surface area contributed by atoms with Gasteiger partial charge in [0.1, 0.15) is 13.2 Å². The highest BCUT2D eigenvalue weighted by Crippen LogP contribution is 2.21. The molecular formula is C12H13NO7S. The quantitative estimate of drug-likeness (QED) is 0.746. The Kier molecular flexibility index (Phi) is 4.43. The molecule has 0 N–H and O–H groups in total. The van der Waals surface area contributed by atoms with Gasteiger partial charge in [0.2, 0.25) is 0 Å². The van der Waals surface area contributed by atoms with Crippen LogP contribution in [0.3, 0.4) is 0 Å². The largest absolute Gasteiger partial charge is 0.467 e. The summed E-state index contributed by atoms with van der Waals surface area (Å²) in [5.74, 6) is -0.896. The average molecular weight is 315 g/mol. The van der Waals surface area contributed by atoms with E-state index in [-0.39, 0.29) is 10.9 Å². The zero-order valence-electron chi connectivity index (χ0n) is 11.1. The van der Waals surface area contributed by atoms with Crippen molar-refractivity contribution in [2.75, 3.05) is 13.7 Å². The summed E-state index contributed by atoms with van der Waals surface area (Å²) in [6.07, 6.45) is -1.19. The molecule has 0 spiro atoms. The first kappa shape index (κ1) is 15.3. The lowest BCUT2D eigenvalue weighted by molar-refractivity contribution is -0.144. The summed E-state index contributed by atoms with van der Waals surface area (Å²) in [6, 6.07) is 7.33.